The lowest BCUT2D eigenvalue weighted by Gasteiger charge is -2.16. The van der Waals surface area contributed by atoms with Crippen LogP contribution in [0, 0.1) is 13.8 Å². The van der Waals surface area contributed by atoms with Crippen LogP contribution in [0.4, 0.5) is 0 Å². The third kappa shape index (κ3) is 3.47. The SMILES string of the molecule is COc1cc(OCc2ccccc2)cc(OC)c1-c1c(C)nn2c(=O)[nH]c(C)nc12. The maximum Gasteiger partial charge on any atom is 0.349 e. The Morgan fingerprint density at radius 1 is 1.00 bits per heavy atom. The van der Waals surface area contributed by atoms with Gasteiger partial charge in [-0.15, -0.1) is 0 Å². The molecule has 0 aliphatic rings. The Bertz CT molecular complexity index is 1240. The zero-order valence-electron chi connectivity index (χ0n) is 17.2. The van der Waals surface area contributed by atoms with Gasteiger partial charge in [0.1, 0.15) is 29.7 Å². The monoisotopic (exact) mass is 406 g/mol. The predicted molar refractivity (Wildman–Crippen MR) is 112 cm³/mol. The molecule has 0 atom stereocenters. The first-order valence-electron chi connectivity index (χ1n) is 9.41. The van der Waals surface area contributed by atoms with Crippen LogP contribution in [0.5, 0.6) is 17.2 Å². The summed E-state index contributed by atoms with van der Waals surface area (Å²) in [5.41, 5.74) is 3.10. The summed E-state index contributed by atoms with van der Waals surface area (Å²) in [4.78, 5) is 19.4. The maximum atomic E-state index is 12.3. The van der Waals surface area contributed by atoms with Crippen LogP contribution in [-0.2, 0) is 6.61 Å². The third-order valence-electron chi connectivity index (χ3n) is 4.77. The van der Waals surface area contributed by atoms with Crippen molar-refractivity contribution in [2.45, 2.75) is 20.5 Å². The number of nitrogens with zero attached hydrogens (tertiary/aromatic N) is 3. The molecule has 2 aromatic heterocycles. The Balaban J connectivity index is 1.84. The van der Waals surface area contributed by atoms with Crippen molar-refractivity contribution in [2.24, 2.45) is 0 Å². The van der Waals surface area contributed by atoms with Crippen LogP contribution in [0.2, 0.25) is 0 Å². The molecule has 8 heteroatoms. The minimum absolute atomic E-state index is 0.354. The number of ether oxygens (including phenoxy) is 3. The smallest absolute Gasteiger partial charge is 0.349 e. The van der Waals surface area contributed by atoms with E-state index in [1.54, 1.807) is 33.3 Å². The molecule has 154 valence electrons. The molecule has 0 aliphatic carbocycles. The maximum absolute atomic E-state index is 12.3. The summed E-state index contributed by atoms with van der Waals surface area (Å²) in [7, 11) is 3.15. The highest BCUT2D eigenvalue weighted by Gasteiger charge is 2.23. The molecular formula is C22H22N4O4. The summed E-state index contributed by atoms with van der Waals surface area (Å²) in [5.74, 6) is 2.17. The van der Waals surface area contributed by atoms with E-state index in [4.69, 9.17) is 14.2 Å². The van der Waals surface area contributed by atoms with E-state index in [0.717, 1.165) is 5.56 Å². The fourth-order valence-corrected chi connectivity index (χ4v) is 3.41. The van der Waals surface area contributed by atoms with Gasteiger partial charge in [-0.3, -0.25) is 4.98 Å². The van der Waals surface area contributed by atoms with Gasteiger partial charge < -0.3 is 14.2 Å². The van der Waals surface area contributed by atoms with Gasteiger partial charge in [0, 0.05) is 12.1 Å². The second kappa shape index (κ2) is 7.90. The molecule has 0 saturated carbocycles. The first-order chi connectivity index (χ1) is 14.5. The minimum atomic E-state index is -0.354. The zero-order valence-corrected chi connectivity index (χ0v) is 17.2. The molecule has 2 aromatic carbocycles. The summed E-state index contributed by atoms with van der Waals surface area (Å²) >= 11 is 0. The zero-order chi connectivity index (χ0) is 21.3. The topological polar surface area (TPSA) is 90.7 Å². The molecule has 0 radical (unpaired) electrons. The Hall–Kier alpha value is -3.81. The number of H-pyrrole nitrogens is 1. The standard InChI is InChI=1S/C22H22N4O4/c1-13-19(21-23-14(2)24-22(27)26(21)25-13)20-17(28-3)10-16(11-18(20)29-4)30-12-15-8-6-5-7-9-15/h5-11H,12H2,1-4H3,(H,23,24,27). The molecule has 0 saturated heterocycles. The van der Waals surface area contributed by atoms with Crippen molar-refractivity contribution in [3.8, 4) is 28.4 Å². The lowest BCUT2D eigenvalue weighted by molar-refractivity contribution is 0.301. The van der Waals surface area contributed by atoms with E-state index in [-0.39, 0.29) is 5.69 Å². The predicted octanol–water partition coefficient (Wildman–Crippen LogP) is 3.30. The van der Waals surface area contributed by atoms with Crippen LogP contribution >= 0.6 is 0 Å². The first-order valence-corrected chi connectivity index (χ1v) is 9.41. The van der Waals surface area contributed by atoms with Crippen molar-refractivity contribution in [1.29, 1.82) is 0 Å². The molecule has 30 heavy (non-hydrogen) atoms. The van der Waals surface area contributed by atoms with Crippen LogP contribution in [-0.4, -0.2) is 33.8 Å². The lowest BCUT2D eigenvalue weighted by atomic mass is 10.0. The van der Waals surface area contributed by atoms with E-state index < -0.39 is 0 Å². The average Bonchev–Trinajstić information content (AvgIpc) is 3.08. The highest BCUT2D eigenvalue weighted by atomic mass is 16.5. The van der Waals surface area contributed by atoms with Crippen LogP contribution in [0.15, 0.2) is 47.3 Å². The van der Waals surface area contributed by atoms with Gasteiger partial charge in [0.05, 0.1) is 31.0 Å². The van der Waals surface area contributed by atoms with Crippen molar-refractivity contribution >= 4 is 5.65 Å². The molecule has 0 spiro atoms. The number of hydrogen-bond acceptors (Lipinski definition) is 6. The quantitative estimate of drug-likeness (QED) is 0.528. The normalized spacial score (nSPS) is 10.9. The molecule has 1 N–H and O–H groups in total. The number of rotatable bonds is 6. The summed E-state index contributed by atoms with van der Waals surface area (Å²) in [6, 6.07) is 13.5. The largest absolute Gasteiger partial charge is 0.496 e. The van der Waals surface area contributed by atoms with Crippen molar-refractivity contribution in [3.63, 3.8) is 0 Å². The van der Waals surface area contributed by atoms with E-state index in [2.05, 4.69) is 15.1 Å². The second-order valence-corrected chi connectivity index (χ2v) is 6.80. The van der Waals surface area contributed by atoms with Gasteiger partial charge in [0.15, 0.2) is 5.65 Å². The molecule has 8 nitrogen and oxygen atoms in total. The van der Waals surface area contributed by atoms with Gasteiger partial charge in [-0.1, -0.05) is 30.3 Å². The molecule has 0 fully saturated rings. The number of benzene rings is 2. The molecule has 2 heterocycles. The average molecular weight is 406 g/mol. The molecule has 4 rings (SSSR count). The van der Waals surface area contributed by atoms with Crippen molar-refractivity contribution in [1.82, 2.24) is 19.6 Å². The number of aryl methyl sites for hydroxylation is 2. The number of methoxy groups -OCH3 is 2. The number of hydrogen-bond donors (Lipinski definition) is 1. The van der Waals surface area contributed by atoms with Crippen molar-refractivity contribution < 1.29 is 14.2 Å². The van der Waals surface area contributed by atoms with E-state index in [1.807, 2.05) is 37.3 Å². The fraction of sp³-hybridized carbons (Fsp3) is 0.227. The Kier molecular flexibility index (Phi) is 5.14. The molecule has 0 aliphatic heterocycles. The van der Waals surface area contributed by atoms with Crippen LogP contribution < -0.4 is 19.9 Å². The molecule has 0 amide bonds. The number of aromatic amines is 1. The number of nitrogens with one attached hydrogen (secondary N) is 1. The Morgan fingerprint density at radius 3 is 2.30 bits per heavy atom. The van der Waals surface area contributed by atoms with E-state index >= 15 is 0 Å². The molecular weight excluding hydrogens is 384 g/mol. The van der Waals surface area contributed by atoms with E-state index in [0.29, 0.717) is 52.1 Å². The summed E-state index contributed by atoms with van der Waals surface area (Å²) in [6.45, 7) is 3.96. The second-order valence-electron chi connectivity index (χ2n) is 6.80. The minimum Gasteiger partial charge on any atom is -0.496 e. The summed E-state index contributed by atoms with van der Waals surface area (Å²) < 4.78 is 18.5. The lowest BCUT2D eigenvalue weighted by Crippen LogP contribution is -2.19. The van der Waals surface area contributed by atoms with Gasteiger partial charge >= 0.3 is 5.69 Å². The van der Waals surface area contributed by atoms with Crippen molar-refractivity contribution in [2.75, 3.05) is 14.2 Å². The van der Waals surface area contributed by atoms with Crippen LogP contribution in [0.1, 0.15) is 17.1 Å². The van der Waals surface area contributed by atoms with Crippen LogP contribution in [0.25, 0.3) is 16.8 Å². The number of fused-ring (bicyclic) bond motifs is 1. The molecule has 0 bridgehead atoms. The number of aromatic nitrogens is 4. The van der Waals surface area contributed by atoms with Gasteiger partial charge in [0.2, 0.25) is 0 Å². The van der Waals surface area contributed by atoms with E-state index in [1.165, 1.54) is 4.52 Å². The van der Waals surface area contributed by atoms with E-state index in [9.17, 15) is 4.79 Å². The third-order valence-corrected chi connectivity index (χ3v) is 4.77. The van der Waals surface area contributed by atoms with Crippen LogP contribution in [0.3, 0.4) is 0 Å². The van der Waals surface area contributed by atoms with Gasteiger partial charge in [-0.2, -0.15) is 9.61 Å². The summed E-state index contributed by atoms with van der Waals surface area (Å²) in [6.07, 6.45) is 0. The van der Waals surface area contributed by atoms with Crippen molar-refractivity contribution in [3.05, 3.63) is 70.0 Å². The first kappa shape index (κ1) is 19.5. The fourth-order valence-electron chi connectivity index (χ4n) is 3.41. The highest BCUT2D eigenvalue weighted by molar-refractivity contribution is 5.88. The van der Waals surface area contributed by atoms with Gasteiger partial charge in [0.25, 0.3) is 0 Å². The summed E-state index contributed by atoms with van der Waals surface area (Å²) in [5, 5.41) is 4.35. The Labute approximate surface area is 173 Å². The Morgan fingerprint density at radius 2 is 1.67 bits per heavy atom. The highest BCUT2D eigenvalue weighted by Crippen LogP contribution is 2.44. The van der Waals surface area contributed by atoms with Gasteiger partial charge in [-0.25, -0.2) is 9.78 Å². The van der Waals surface area contributed by atoms with Gasteiger partial charge in [-0.05, 0) is 19.4 Å². The molecule has 0 unspecified atom stereocenters. The molecule has 4 aromatic rings.